The molecule has 0 bridgehead atoms. The van der Waals surface area contributed by atoms with Crippen LogP contribution in [0.15, 0.2) is 44.4 Å². The largest absolute Gasteiger partial charge is 0.485 e. The second kappa shape index (κ2) is 8.72. The van der Waals surface area contributed by atoms with Gasteiger partial charge in [0.05, 0.1) is 12.0 Å². The third-order valence-corrected chi connectivity index (χ3v) is 7.69. The number of rotatable bonds is 6. The molecule has 0 saturated heterocycles. The number of ether oxygens (including phenoxy) is 1. The number of benzene rings is 2. The average Bonchev–Trinajstić information content (AvgIpc) is 3.19. The minimum atomic E-state index is -4.37. The van der Waals surface area contributed by atoms with Crippen molar-refractivity contribution in [1.29, 1.82) is 0 Å². The fourth-order valence-corrected chi connectivity index (χ4v) is 5.77. The van der Waals surface area contributed by atoms with Gasteiger partial charge in [-0.25, -0.2) is 22.7 Å². The van der Waals surface area contributed by atoms with Gasteiger partial charge >= 0.3 is 5.76 Å². The van der Waals surface area contributed by atoms with Crippen molar-refractivity contribution in [3.05, 3.63) is 74.8 Å². The summed E-state index contributed by atoms with van der Waals surface area (Å²) < 4.78 is 55.7. The molecule has 1 aliphatic heterocycles. The average molecular weight is 504 g/mol. The second-order valence-electron chi connectivity index (χ2n) is 9.34. The maximum absolute atomic E-state index is 14.9. The van der Waals surface area contributed by atoms with Crippen LogP contribution in [-0.4, -0.2) is 30.0 Å². The fraction of sp³-hybridized carbons (Fsp3) is 0.375. The Kier molecular flexibility index (Phi) is 6.18. The first-order valence-electron chi connectivity index (χ1n) is 11.0. The number of para-hydroxylation sites is 1. The van der Waals surface area contributed by atoms with Gasteiger partial charge in [0.1, 0.15) is 22.4 Å². The van der Waals surface area contributed by atoms with Gasteiger partial charge in [-0.15, -0.1) is 5.10 Å². The Labute approximate surface area is 201 Å². The van der Waals surface area contributed by atoms with E-state index in [1.807, 2.05) is 6.92 Å². The van der Waals surface area contributed by atoms with E-state index < -0.39 is 39.2 Å². The quantitative estimate of drug-likeness (QED) is 0.524. The first-order valence-corrected chi connectivity index (χ1v) is 12.5. The van der Waals surface area contributed by atoms with Crippen molar-refractivity contribution in [2.45, 2.75) is 63.5 Å². The Morgan fingerprint density at radius 1 is 1.17 bits per heavy atom. The fourth-order valence-electron chi connectivity index (χ4n) is 4.35. The van der Waals surface area contributed by atoms with Crippen molar-refractivity contribution in [3.63, 3.8) is 0 Å². The SMILES string of the molecule is Cc1ccc(F)c(C(C)C(NS(=O)(=O)c2cccc3c2OC(C)(C)CC3=O)c2n[nH]c(=O)o2)c1C. The molecule has 0 amide bonds. The van der Waals surface area contributed by atoms with Crippen molar-refractivity contribution in [2.24, 2.45) is 0 Å². The Hall–Kier alpha value is -3.31. The lowest BCUT2D eigenvalue weighted by Crippen LogP contribution is -2.38. The number of sulfonamides is 1. The zero-order chi connectivity index (χ0) is 25.7. The summed E-state index contributed by atoms with van der Waals surface area (Å²) in [5, 5.41) is 5.92. The standard InChI is InChI=1S/C24H26FN3O6S/c1-12-9-10-16(25)19(13(12)2)14(3)20(22-26-27-23(30)33-22)28-35(31,32)18-8-6-7-15-17(29)11-24(4,5)34-21(15)18/h6-10,14,20,28H,11H2,1-5H3,(H,27,30). The van der Waals surface area contributed by atoms with E-state index in [0.29, 0.717) is 5.56 Å². The molecule has 3 aromatic rings. The van der Waals surface area contributed by atoms with E-state index in [1.165, 1.54) is 24.3 Å². The Bertz CT molecular complexity index is 1470. The van der Waals surface area contributed by atoms with E-state index in [0.717, 1.165) is 5.56 Å². The highest BCUT2D eigenvalue weighted by atomic mass is 32.2. The van der Waals surface area contributed by atoms with Crippen LogP contribution in [0.5, 0.6) is 5.75 Å². The number of Topliss-reactive ketones (excluding diaryl/α,β-unsaturated/α-hetero) is 1. The second-order valence-corrected chi connectivity index (χ2v) is 11.0. The predicted molar refractivity (Wildman–Crippen MR) is 125 cm³/mol. The Morgan fingerprint density at radius 3 is 2.54 bits per heavy atom. The van der Waals surface area contributed by atoms with Gasteiger partial charge in [-0.2, -0.15) is 4.72 Å². The van der Waals surface area contributed by atoms with Gasteiger partial charge in [0.2, 0.25) is 15.9 Å². The van der Waals surface area contributed by atoms with Gasteiger partial charge < -0.3 is 9.15 Å². The third-order valence-electron chi connectivity index (χ3n) is 6.22. The zero-order valence-electron chi connectivity index (χ0n) is 19.9. The molecule has 2 heterocycles. The molecule has 35 heavy (non-hydrogen) atoms. The molecule has 0 fully saturated rings. The lowest BCUT2D eigenvalue weighted by molar-refractivity contribution is 0.0601. The number of aromatic amines is 1. The Balaban J connectivity index is 1.82. The predicted octanol–water partition coefficient (Wildman–Crippen LogP) is 3.69. The van der Waals surface area contributed by atoms with Crippen LogP contribution in [0.2, 0.25) is 0 Å². The molecule has 186 valence electrons. The molecule has 11 heteroatoms. The van der Waals surface area contributed by atoms with E-state index in [1.54, 1.807) is 33.8 Å². The number of ketones is 1. The molecule has 0 aliphatic carbocycles. The van der Waals surface area contributed by atoms with E-state index in [4.69, 9.17) is 9.15 Å². The number of H-pyrrole nitrogens is 1. The number of carbonyl (C=O) groups excluding carboxylic acids is 1. The first kappa shape index (κ1) is 24.8. The topological polar surface area (TPSA) is 131 Å². The maximum Gasteiger partial charge on any atom is 0.434 e. The minimum absolute atomic E-state index is 0.0611. The van der Waals surface area contributed by atoms with Crippen molar-refractivity contribution in [1.82, 2.24) is 14.9 Å². The number of nitrogens with one attached hydrogen (secondary N) is 2. The van der Waals surface area contributed by atoms with Gasteiger partial charge in [-0.1, -0.05) is 19.1 Å². The summed E-state index contributed by atoms with van der Waals surface area (Å²) in [7, 11) is -4.37. The lowest BCUT2D eigenvalue weighted by atomic mass is 9.88. The number of carbonyl (C=O) groups is 1. The van der Waals surface area contributed by atoms with Crippen LogP contribution >= 0.6 is 0 Å². The molecule has 2 aromatic carbocycles. The number of hydrogen-bond acceptors (Lipinski definition) is 7. The molecule has 1 aliphatic rings. The smallest absolute Gasteiger partial charge is 0.434 e. The summed E-state index contributed by atoms with van der Waals surface area (Å²) in [5.41, 5.74) is 0.950. The van der Waals surface area contributed by atoms with Crippen molar-refractivity contribution in [3.8, 4) is 5.75 Å². The molecular formula is C24H26FN3O6S. The highest BCUT2D eigenvalue weighted by Gasteiger charge is 2.39. The highest BCUT2D eigenvalue weighted by molar-refractivity contribution is 7.89. The van der Waals surface area contributed by atoms with Crippen LogP contribution in [0.1, 0.15) is 72.1 Å². The molecule has 2 atom stereocenters. The van der Waals surface area contributed by atoms with Gasteiger partial charge in [0.25, 0.3) is 0 Å². The monoisotopic (exact) mass is 503 g/mol. The van der Waals surface area contributed by atoms with Gasteiger partial charge in [0.15, 0.2) is 11.5 Å². The molecule has 0 radical (unpaired) electrons. The van der Waals surface area contributed by atoms with Crippen LogP contribution in [-0.2, 0) is 10.0 Å². The van der Waals surface area contributed by atoms with Crippen molar-refractivity contribution < 1.29 is 26.8 Å². The van der Waals surface area contributed by atoms with Gasteiger partial charge in [-0.3, -0.25) is 4.79 Å². The van der Waals surface area contributed by atoms with Crippen LogP contribution in [0.4, 0.5) is 4.39 Å². The molecule has 1 aromatic heterocycles. The summed E-state index contributed by atoms with van der Waals surface area (Å²) >= 11 is 0. The van der Waals surface area contributed by atoms with E-state index in [9.17, 15) is 22.4 Å². The molecular weight excluding hydrogens is 477 g/mol. The molecule has 2 N–H and O–H groups in total. The van der Waals surface area contributed by atoms with E-state index in [2.05, 4.69) is 14.9 Å². The number of aryl methyl sites for hydroxylation is 1. The summed E-state index contributed by atoms with van der Waals surface area (Å²) in [6, 6.07) is 5.94. The first-order chi connectivity index (χ1) is 16.3. The molecule has 0 saturated carbocycles. The van der Waals surface area contributed by atoms with Crippen molar-refractivity contribution >= 4 is 15.8 Å². The third kappa shape index (κ3) is 4.65. The molecule has 4 rings (SSSR count). The van der Waals surface area contributed by atoms with E-state index >= 15 is 0 Å². The van der Waals surface area contributed by atoms with Crippen LogP contribution < -0.4 is 15.2 Å². The van der Waals surface area contributed by atoms with Gasteiger partial charge in [0, 0.05) is 5.92 Å². The normalized spacial score (nSPS) is 16.9. The molecule has 0 spiro atoms. The minimum Gasteiger partial charge on any atom is -0.485 e. The summed E-state index contributed by atoms with van der Waals surface area (Å²) in [5.74, 6) is -2.80. The Morgan fingerprint density at radius 2 is 1.89 bits per heavy atom. The van der Waals surface area contributed by atoms with Crippen molar-refractivity contribution in [2.75, 3.05) is 0 Å². The summed E-state index contributed by atoms with van der Waals surface area (Å²) in [6.07, 6.45) is 0.0981. The zero-order valence-corrected chi connectivity index (χ0v) is 20.7. The lowest BCUT2D eigenvalue weighted by Gasteiger charge is -2.33. The summed E-state index contributed by atoms with van der Waals surface area (Å²) in [4.78, 5) is 24.1. The number of nitrogens with zero attached hydrogens (tertiary/aromatic N) is 1. The molecule has 9 nitrogen and oxygen atoms in total. The number of halogens is 1. The van der Waals surface area contributed by atoms with E-state index in [-0.39, 0.29) is 39.9 Å². The maximum atomic E-state index is 14.9. The number of hydrogen-bond donors (Lipinski definition) is 2. The van der Waals surface area contributed by atoms with Crippen LogP contribution in [0.25, 0.3) is 0 Å². The van der Waals surface area contributed by atoms with Crippen LogP contribution in [0, 0.1) is 19.7 Å². The molecule has 2 unspecified atom stereocenters. The summed E-state index contributed by atoms with van der Waals surface area (Å²) in [6.45, 7) is 8.53. The number of aromatic nitrogens is 2. The van der Waals surface area contributed by atoms with Crippen LogP contribution in [0.3, 0.4) is 0 Å². The highest BCUT2D eigenvalue weighted by Crippen LogP contribution is 2.40. The van der Waals surface area contributed by atoms with Gasteiger partial charge in [-0.05, 0) is 62.6 Å². The number of fused-ring (bicyclic) bond motifs is 1.